The molecule has 2 N–H and O–H groups in total. The highest BCUT2D eigenvalue weighted by atomic mass is 35.5. The van der Waals surface area contributed by atoms with Crippen LogP contribution in [0.3, 0.4) is 0 Å². The molecule has 6 nitrogen and oxygen atoms in total. The van der Waals surface area contributed by atoms with E-state index in [4.69, 9.17) is 21.6 Å². The predicted molar refractivity (Wildman–Crippen MR) is 154 cm³/mol. The van der Waals surface area contributed by atoms with E-state index in [9.17, 15) is 0 Å². The lowest BCUT2D eigenvalue weighted by Crippen LogP contribution is -2.40. The number of fused-ring (bicyclic) bond motifs is 1. The van der Waals surface area contributed by atoms with Crippen molar-refractivity contribution >= 4 is 17.3 Å². The molecule has 0 saturated heterocycles. The summed E-state index contributed by atoms with van der Waals surface area (Å²) < 4.78 is 6.07. The first kappa shape index (κ1) is 27.1. The lowest BCUT2D eigenvalue weighted by Gasteiger charge is -2.27. The smallest absolute Gasteiger partial charge is 0.237 e. The molecule has 0 unspecified atom stereocenters. The van der Waals surface area contributed by atoms with Crippen LogP contribution in [0.2, 0.25) is 5.15 Å². The van der Waals surface area contributed by atoms with Crippen LogP contribution in [0.15, 0.2) is 85.1 Å². The molecule has 1 aliphatic rings. The van der Waals surface area contributed by atoms with Crippen molar-refractivity contribution in [3.05, 3.63) is 107 Å². The molecule has 0 spiro atoms. The van der Waals surface area contributed by atoms with Crippen molar-refractivity contribution in [2.24, 2.45) is 0 Å². The molecule has 38 heavy (non-hydrogen) atoms. The highest BCUT2D eigenvalue weighted by Crippen LogP contribution is 2.34. The summed E-state index contributed by atoms with van der Waals surface area (Å²) in [6, 6.07) is 27.8. The van der Waals surface area contributed by atoms with Gasteiger partial charge in [0.15, 0.2) is 0 Å². The second kappa shape index (κ2) is 13.6. The van der Waals surface area contributed by atoms with Crippen molar-refractivity contribution < 1.29 is 4.74 Å². The Labute approximate surface area is 229 Å². The van der Waals surface area contributed by atoms with Gasteiger partial charge in [-0.1, -0.05) is 74.0 Å². The van der Waals surface area contributed by atoms with Crippen molar-refractivity contribution in [3.63, 3.8) is 0 Å². The first-order chi connectivity index (χ1) is 18.5. The molecule has 7 heteroatoms. The number of benzene rings is 2. The molecule has 194 valence electrons. The van der Waals surface area contributed by atoms with E-state index >= 15 is 0 Å². The maximum Gasteiger partial charge on any atom is 0.237 e. The van der Waals surface area contributed by atoms with E-state index in [0.717, 1.165) is 42.0 Å². The normalized spacial score (nSPS) is 13.8. The van der Waals surface area contributed by atoms with E-state index in [1.165, 1.54) is 5.56 Å². The SMILES string of the molecule is CC(C)c1ccc(-c2cnc3c(c2)NC[C@@H](CNCCc2ccc(C#N)cc2)O3)c(Cl)n1.c1ccccc1. The average Bonchev–Trinajstić information content (AvgIpc) is 2.96. The molecule has 4 aromatic rings. The Bertz CT molecular complexity index is 1330. The zero-order valence-electron chi connectivity index (χ0n) is 21.7. The number of ether oxygens (including phenoxy) is 1. The second-order valence-electron chi connectivity index (χ2n) is 9.34. The third kappa shape index (κ3) is 7.55. The van der Waals surface area contributed by atoms with Crippen molar-refractivity contribution in [1.82, 2.24) is 15.3 Å². The summed E-state index contributed by atoms with van der Waals surface area (Å²) in [7, 11) is 0. The Morgan fingerprint density at radius 2 is 1.79 bits per heavy atom. The largest absolute Gasteiger partial charge is 0.470 e. The molecular formula is C31H32ClN5O. The van der Waals surface area contributed by atoms with Crippen molar-refractivity contribution in [2.45, 2.75) is 32.3 Å². The molecule has 0 radical (unpaired) electrons. The minimum absolute atomic E-state index is 0.00241. The minimum atomic E-state index is -0.00241. The molecule has 1 atom stereocenters. The minimum Gasteiger partial charge on any atom is -0.470 e. The van der Waals surface area contributed by atoms with Gasteiger partial charge in [0.2, 0.25) is 5.88 Å². The second-order valence-corrected chi connectivity index (χ2v) is 9.70. The standard InChI is InChI=1S/C25H26ClN5O.C6H6/c1-16(2)22-8-7-21(24(26)31-22)19-11-23-25(30-13-19)32-20(15-29-23)14-28-10-9-17-3-5-18(12-27)6-4-17;1-2-4-6-5-3-1/h3-8,11,13,16,20,28-29H,9-10,14-15H2,1-2H3;1-6H/t20-;/m1./s1. The van der Waals surface area contributed by atoms with Crippen LogP contribution in [-0.2, 0) is 6.42 Å². The molecule has 1 aliphatic heterocycles. The highest BCUT2D eigenvalue weighted by molar-refractivity contribution is 6.32. The third-order valence-corrected chi connectivity index (χ3v) is 6.42. The van der Waals surface area contributed by atoms with E-state index in [1.807, 2.05) is 78.9 Å². The van der Waals surface area contributed by atoms with Crippen LogP contribution in [0.5, 0.6) is 5.88 Å². The monoisotopic (exact) mass is 525 g/mol. The summed E-state index contributed by atoms with van der Waals surface area (Å²) in [5, 5.41) is 16.2. The van der Waals surface area contributed by atoms with E-state index in [2.05, 4.69) is 40.5 Å². The van der Waals surface area contributed by atoms with E-state index < -0.39 is 0 Å². The summed E-state index contributed by atoms with van der Waals surface area (Å²) in [6.45, 7) is 6.44. The third-order valence-electron chi connectivity index (χ3n) is 6.13. The Morgan fingerprint density at radius 1 is 1.08 bits per heavy atom. The van der Waals surface area contributed by atoms with Crippen LogP contribution < -0.4 is 15.4 Å². The van der Waals surface area contributed by atoms with Crippen LogP contribution >= 0.6 is 11.6 Å². The van der Waals surface area contributed by atoms with Gasteiger partial charge in [0.1, 0.15) is 11.3 Å². The Hall–Kier alpha value is -3.92. The number of hydrogen-bond acceptors (Lipinski definition) is 6. The van der Waals surface area contributed by atoms with Crippen LogP contribution in [0, 0.1) is 11.3 Å². The van der Waals surface area contributed by atoms with Gasteiger partial charge in [0.25, 0.3) is 0 Å². The van der Waals surface area contributed by atoms with Gasteiger partial charge in [-0.15, -0.1) is 0 Å². The van der Waals surface area contributed by atoms with E-state index in [1.54, 1.807) is 6.20 Å². The molecule has 0 fully saturated rings. The number of anilines is 1. The molecule has 0 aliphatic carbocycles. The first-order valence-electron chi connectivity index (χ1n) is 12.8. The number of halogens is 1. The van der Waals surface area contributed by atoms with Gasteiger partial charge < -0.3 is 15.4 Å². The highest BCUT2D eigenvalue weighted by Gasteiger charge is 2.21. The van der Waals surface area contributed by atoms with Crippen LogP contribution in [-0.4, -0.2) is 35.7 Å². The topological polar surface area (TPSA) is 82.9 Å². The number of rotatable bonds is 7. The molecule has 5 rings (SSSR count). The zero-order chi connectivity index (χ0) is 26.7. The number of nitrogens with zero attached hydrogens (tertiary/aromatic N) is 3. The summed E-state index contributed by atoms with van der Waals surface area (Å²) in [6.07, 6.45) is 2.67. The molecule has 2 aromatic carbocycles. The molecule has 0 amide bonds. The van der Waals surface area contributed by atoms with Gasteiger partial charge in [-0.2, -0.15) is 5.26 Å². The number of aromatic nitrogens is 2. The lowest BCUT2D eigenvalue weighted by molar-refractivity contribution is 0.194. The molecular weight excluding hydrogens is 494 g/mol. The number of nitriles is 1. The van der Waals surface area contributed by atoms with E-state index in [0.29, 0.717) is 29.1 Å². The molecule has 2 aromatic heterocycles. The van der Waals surface area contributed by atoms with Gasteiger partial charge in [-0.25, -0.2) is 9.97 Å². The Kier molecular flexibility index (Phi) is 9.69. The summed E-state index contributed by atoms with van der Waals surface area (Å²) in [4.78, 5) is 9.02. The van der Waals surface area contributed by atoms with Crippen LogP contribution in [0.4, 0.5) is 5.69 Å². The summed E-state index contributed by atoms with van der Waals surface area (Å²) >= 11 is 6.43. The van der Waals surface area contributed by atoms with Crippen molar-refractivity contribution in [2.75, 3.05) is 25.0 Å². The first-order valence-corrected chi connectivity index (χ1v) is 13.2. The maximum atomic E-state index is 8.87. The molecule has 0 saturated carbocycles. The Balaban J connectivity index is 0.000000494. The van der Waals surface area contributed by atoms with Crippen molar-refractivity contribution in [3.8, 4) is 23.1 Å². The van der Waals surface area contributed by atoms with Crippen LogP contribution in [0.1, 0.15) is 36.6 Å². The lowest BCUT2D eigenvalue weighted by atomic mass is 10.1. The molecule has 0 bridgehead atoms. The zero-order valence-corrected chi connectivity index (χ0v) is 22.4. The average molecular weight is 526 g/mol. The number of hydrogen-bond donors (Lipinski definition) is 2. The fourth-order valence-corrected chi connectivity index (χ4v) is 4.24. The maximum absolute atomic E-state index is 8.87. The number of pyridine rings is 2. The number of nitrogens with one attached hydrogen (secondary N) is 2. The van der Waals surface area contributed by atoms with Gasteiger partial charge in [0.05, 0.1) is 23.9 Å². The van der Waals surface area contributed by atoms with E-state index in [-0.39, 0.29) is 6.10 Å². The fraction of sp³-hybridized carbons (Fsp3) is 0.258. The molecule has 3 heterocycles. The van der Waals surface area contributed by atoms with Crippen molar-refractivity contribution in [1.29, 1.82) is 5.26 Å². The van der Waals surface area contributed by atoms with Gasteiger partial charge >= 0.3 is 0 Å². The van der Waals surface area contributed by atoms with Gasteiger partial charge in [-0.3, -0.25) is 0 Å². The summed E-state index contributed by atoms with van der Waals surface area (Å²) in [5.74, 6) is 0.926. The predicted octanol–water partition coefficient (Wildman–Crippen LogP) is 6.48. The van der Waals surface area contributed by atoms with Crippen LogP contribution in [0.25, 0.3) is 11.1 Å². The summed E-state index contributed by atoms with van der Waals surface area (Å²) in [5.41, 5.74) is 5.49. The Morgan fingerprint density at radius 3 is 2.42 bits per heavy atom. The quantitative estimate of drug-likeness (QED) is 0.212. The van der Waals surface area contributed by atoms with Gasteiger partial charge in [0, 0.05) is 29.6 Å². The van der Waals surface area contributed by atoms with Gasteiger partial charge in [-0.05, 0) is 54.8 Å². The fourth-order valence-electron chi connectivity index (χ4n) is 3.97.